The minimum atomic E-state index is -1.06. The average molecular weight is 477 g/mol. The molecule has 172 valence electrons. The van der Waals surface area contributed by atoms with Gasteiger partial charge in [0.2, 0.25) is 5.91 Å². The molecule has 1 amide bonds. The quantitative estimate of drug-likeness (QED) is 0.509. The van der Waals surface area contributed by atoms with Crippen LogP contribution in [0.15, 0.2) is 47.8 Å². The van der Waals surface area contributed by atoms with Crippen LogP contribution in [0, 0.1) is 0 Å². The van der Waals surface area contributed by atoms with Gasteiger partial charge in [-0.15, -0.1) is 11.3 Å². The fraction of sp³-hybridized carbons (Fsp3) is 0.435. The maximum atomic E-state index is 13.4. The molecule has 0 aliphatic carbocycles. The van der Waals surface area contributed by atoms with Crippen molar-refractivity contribution >= 4 is 40.9 Å². The number of amides is 1. The molecular weight excluding hydrogens is 448 g/mol. The molecule has 2 heterocycles. The fourth-order valence-corrected chi connectivity index (χ4v) is 5.83. The van der Waals surface area contributed by atoms with Crippen LogP contribution in [-0.4, -0.2) is 64.6 Å². The lowest BCUT2D eigenvalue weighted by atomic mass is 10.0. The van der Waals surface area contributed by atoms with Crippen molar-refractivity contribution in [3.8, 4) is 0 Å². The molecule has 2 unspecified atom stereocenters. The van der Waals surface area contributed by atoms with E-state index in [4.69, 9.17) is 4.74 Å². The summed E-state index contributed by atoms with van der Waals surface area (Å²) in [5.74, 6) is -0.699. The van der Waals surface area contributed by atoms with Crippen molar-refractivity contribution in [2.75, 3.05) is 24.7 Å². The topological polar surface area (TPSA) is 95.9 Å². The van der Waals surface area contributed by atoms with Crippen LogP contribution in [0.3, 0.4) is 0 Å². The Bertz CT molecular complexity index is 891. The van der Waals surface area contributed by atoms with E-state index in [-0.39, 0.29) is 25.1 Å². The summed E-state index contributed by atoms with van der Waals surface area (Å²) in [6, 6.07) is 12.0. The van der Waals surface area contributed by atoms with Gasteiger partial charge >= 0.3 is 11.9 Å². The third-order valence-electron chi connectivity index (χ3n) is 5.23. The molecule has 0 radical (unpaired) electrons. The zero-order valence-electron chi connectivity index (χ0n) is 17.9. The van der Waals surface area contributed by atoms with Crippen molar-refractivity contribution in [1.29, 1.82) is 0 Å². The van der Waals surface area contributed by atoms with E-state index < -0.39 is 24.0 Å². The molecule has 2 aromatic rings. The molecule has 1 aliphatic heterocycles. The van der Waals surface area contributed by atoms with Gasteiger partial charge in [0.15, 0.2) is 0 Å². The first-order valence-corrected chi connectivity index (χ1v) is 12.6. The van der Waals surface area contributed by atoms with E-state index in [1.807, 2.05) is 47.8 Å². The Labute approximate surface area is 196 Å². The Kier molecular flexibility index (Phi) is 9.13. The van der Waals surface area contributed by atoms with E-state index in [2.05, 4.69) is 5.32 Å². The number of rotatable bonds is 10. The number of carboxylic acid groups (broad SMARTS) is 1. The summed E-state index contributed by atoms with van der Waals surface area (Å²) in [5, 5.41) is 14.6. The highest BCUT2D eigenvalue weighted by Gasteiger charge is 2.37. The Morgan fingerprint density at radius 3 is 2.66 bits per heavy atom. The summed E-state index contributed by atoms with van der Waals surface area (Å²) < 4.78 is 5.25. The lowest BCUT2D eigenvalue weighted by Crippen LogP contribution is -2.54. The zero-order valence-corrected chi connectivity index (χ0v) is 19.6. The number of esters is 1. The molecule has 2 N–H and O–H groups in total. The molecule has 1 saturated heterocycles. The molecule has 0 spiro atoms. The zero-order chi connectivity index (χ0) is 22.9. The molecule has 32 heavy (non-hydrogen) atoms. The number of thiophene rings is 1. The Hall–Kier alpha value is -2.36. The minimum absolute atomic E-state index is 0.251. The molecule has 0 bridgehead atoms. The monoisotopic (exact) mass is 476 g/mol. The second-order valence-corrected chi connectivity index (χ2v) is 9.53. The third-order valence-corrected chi connectivity index (χ3v) is 7.33. The molecule has 1 fully saturated rings. The van der Waals surface area contributed by atoms with Gasteiger partial charge in [-0.05, 0) is 36.8 Å². The summed E-state index contributed by atoms with van der Waals surface area (Å²) >= 11 is 3.09. The minimum Gasteiger partial charge on any atom is -0.480 e. The van der Waals surface area contributed by atoms with Gasteiger partial charge in [-0.2, -0.15) is 11.8 Å². The number of hydrogen-bond donors (Lipinski definition) is 2. The highest BCUT2D eigenvalue weighted by atomic mass is 32.2. The predicted octanol–water partition coefficient (Wildman–Crippen LogP) is 2.97. The van der Waals surface area contributed by atoms with Crippen molar-refractivity contribution in [2.45, 2.75) is 37.9 Å². The number of aliphatic carboxylic acids is 1. The van der Waals surface area contributed by atoms with Crippen LogP contribution in [0.4, 0.5) is 0 Å². The van der Waals surface area contributed by atoms with E-state index in [9.17, 15) is 19.5 Å². The Morgan fingerprint density at radius 2 is 2.00 bits per heavy atom. The number of carboxylic acids is 1. The van der Waals surface area contributed by atoms with Crippen LogP contribution in [0.1, 0.15) is 29.8 Å². The standard InChI is InChI=1S/C23H28N2O5S2/c1-2-30-23(29)17(11-10-16-7-4-3-5-8-16)24-18-14-31-15-19(20-9-6-12-32-20)25(22(18)28)13-21(26)27/h3-9,12,17-19,24H,2,10-11,13-15H2,1H3,(H,26,27)/t17-,18?,19?/m0/s1. The number of nitrogens with one attached hydrogen (secondary N) is 1. The van der Waals surface area contributed by atoms with Crippen molar-refractivity contribution in [2.24, 2.45) is 0 Å². The van der Waals surface area contributed by atoms with Crippen molar-refractivity contribution in [3.05, 3.63) is 58.3 Å². The van der Waals surface area contributed by atoms with Gasteiger partial charge in [0.05, 0.1) is 18.7 Å². The smallest absolute Gasteiger partial charge is 0.323 e. The summed E-state index contributed by atoms with van der Waals surface area (Å²) in [5.41, 5.74) is 1.09. The van der Waals surface area contributed by atoms with Crippen molar-refractivity contribution in [3.63, 3.8) is 0 Å². The lowest BCUT2D eigenvalue weighted by molar-refractivity contribution is -0.149. The second kappa shape index (κ2) is 12.0. The number of hydrogen-bond acceptors (Lipinski definition) is 7. The molecule has 1 aromatic heterocycles. The molecule has 3 rings (SSSR count). The highest BCUT2D eigenvalue weighted by Crippen LogP contribution is 2.32. The normalized spacial score (nSPS) is 19.9. The molecule has 0 saturated carbocycles. The van der Waals surface area contributed by atoms with Crippen LogP contribution < -0.4 is 5.32 Å². The van der Waals surface area contributed by atoms with Crippen LogP contribution in [0.5, 0.6) is 0 Å². The SMILES string of the molecule is CCOC(=O)[C@H](CCc1ccccc1)NC1CSCC(c2cccs2)N(CC(=O)O)C1=O. The first kappa shape index (κ1) is 24.3. The number of carbonyl (C=O) groups is 3. The van der Waals surface area contributed by atoms with Crippen molar-refractivity contribution in [1.82, 2.24) is 10.2 Å². The molecule has 7 nitrogen and oxygen atoms in total. The van der Waals surface area contributed by atoms with E-state index in [1.165, 1.54) is 16.2 Å². The fourth-order valence-electron chi connectivity index (χ4n) is 3.69. The molecule has 9 heteroatoms. The Balaban J connectivity index is 1.77. The first-order chi connectivity index (χ1) is 15.5. The van der Waals surface area contributed by atoms with Crippen molar-refractivity contribution < 1.29 is 24.2 Å². The number of carbonyl (C=O) groups excluding carboxylic acids is 2. The molecular formula is C23H28N2O5S2. The summed E-state index contributed by atoms with van der Waals surface area (Å²) in [6.07, 6.45) is 1.13. The van der Waals surface area contributed by atoms with Gasteiger partial charge in [0.25, 0.3) is 0 Å². The van der Waals surface area contributed by atoms with Gasteiger partial charge in [-0.1, -0.05) is 36.4 Å². The van der Waals surface area contributed by atoms with Crippen LogP contribution in [-0.2, 0) is 25.5 Å². The summed E-state index contributed by atoms with van der Waals surface area (Å²) in [6.45, 7) is 1.62. The van der Waals surface area contributed by atoms with Gasteiger partial charge in [-0.25, -0.2) is 0 Å². The van der Waals surface area contributed by atoms with Gasteiger partial charge in [0, 0.05) is 16.4 Å². The third kappa shape index (κ3) is 6.57. The first-order valence-electron chi connectivity index (χ1n) is 10.6. The summed E-state index contributed by atoms with van der Waals surface area (Å²) in [4.78, 5) is 40.0. The van der Waals surface area contributed by atoms with Gasteiger partial charge < -0.3 is 14.7 Å². The highest BCUT2D eigenvalue weighted by molar-refractivity contribution is 7.99. The maximum Gasteiger partial charge on any atom is 0.323 e. The predicted molar refractivity (Wildman–Crippen MR) is 126 cm³/mol. The largest absolute Gasteiger partial charge is 0.480 e. The molecule has 1 aromatic carbocycles. The molecule has 3 atom stereocenters. The van der Waals surface area contributed by atoms with E-state index in [0.29, 0.717) is 24.3 Å². The average Bonchev–Trinajstić information content (AvgIpc) is 3.27. The summed E-state index contributed by atoms with van der Waals surface area (Å²) in [7, 11) is 0. The number of thioether (sulfide) groups is 1. The number of ether oxygens (including phenoxy) is 1. The number of aryl methyl sites for hydroxylation is 1. The lowest BCUT2D eigenvalue weighted by Gasteiger charge is -2.30. The van der Waals surface area contributed by atoms with Gasteiger partial charge in [-0.3, -0.25) is 19.7 Å². The molecule has 1 aliphatic rings. The van der Waals surface area contributed by atoms with Crippen LogP contribution >= 0.6 is 23.1 Å². The maximum absolute atomic E-state index is 13.4. The van der Waals surface area contributed by atoms with E-state index in [0.717, 1.165) is 10.4 Å². The van der Waals surface area contributed by atoms with E-state index >= 15 is 0 Å². The van der Waals surface area contributed by atoms with Crippen LogP contribution in [0.2, 0.25) is 0 Å². The number of benzene rings is 1. The van der Waals surface area contributed by atoms with Crippen LogP contribution in [0.25, 0.3) is 0 Å². The Morgan fingerprint density at radius 1 is 1.22 bits per heavy atom. The van der Waals surface area contributed by atoms with Gasteiger partial charge in [0.1, 0.15) is 12.6 Å². The second-order valence-electron chi connectivity index (χ2n) is 7.48. The van der Waals surface area contributed by atoms with E-state index in [1.54, 1.807) is 18.7 Å². The number of nitrogens with zero attached hydrogens (tertiary/aromatic N) is 1.